The SMILES string of the molecule is c1ccc(-c2c3ccccc3c(-c3ccccc3)c3cc(-c4cccc(-c5cc(-c6ccc7ccccc7c6)cc6c5oc5ccc(-c7ccc8ccccc8c7)cc56)c4)ccc23)cc1. The maximum atomic E-state index is 6.92. The molecule has 1 aromatic heterocycles. The number of fused-ring (bicyclic) bond motifs is 7. The maximum absolute atomic E-state index is 6.92. The Bertz CT molecular complexity index is 3990. The molecule has 302 valence electrons. The highest BCUT2D eigenvalue weighted by atomic mass is 16.3. The van der Waals surface area contributed by atoms with Gasteiger partial charge in [-0.15, -0.1) is 0 Å². The van der Waals surface area contributed by atoms with Crippen LogP contribution in [0.3, 0.4) is 0 Å². The molecule has 0 saturated heterocycles. The van der Waals surface area contributed by atoms with Crippen molar-refractivity contribution in [2.24, 2.45) is 0 Å². The van der Waals surface area contributed by atoms with Gasteiger partial charge in [0.25, 0.3) is 0 Å². The molecular formula is C64H40O. The van der Waals surface area contributed by atoms with Crippen LogP contribution in [0.1, 0.15) is 0 Å². The minimum absolute atomic E-state index is 0.877. The van der Waals surface area contributed by atoms with E-state index in [1.165, 1.54) is 82.0 Å². The van der Waals surface area contributed by atoms with Gasteiger partial charge in [-0.05, 0) is 153 Å². The third-order valence-electron chi connectivity index (χ3n) is 13.4. The fraction of sp³-hybridized carbons (Fsp3) is 0. The van der Waals surface area contributed by atoms with Crippen LogP contribution in [0.25, 0.3) is 132 Å². The zero-order chi connectivity index (χ0) is 42.8. The highest BCUT2D eigenvalue weighted by molar-refractivity contribution is 6.22. The zero-order valence-electron chi connectivity index (χ0n) is 35.5. The van der Waals surface area contributed by atoms with E-state index >= 15 is 0 Å². The van der Waals surface area contributed by atoms with Gasteiger partial charge < -0.3 is 4.42 Å². The summed E-state index contributed by atoms with van der Waals surface area (Å²) >= 11 is 0. The van der Waals surface area contributed by atoms with Gasteiger partial charge in [-0.25, -0.2) is 0 Å². The number of furan rings is 1. The van der Waals surface area contributed by atoms with Crippen LogP contribution in [0, 0.1) is 0 Å². The summed E-state index contributed by atoms with van der Waals surface area (Å²) in [6.07, 6.45) is 0. The summed E-state index contributed by atoms with van der Waals surface area (Å²) in [7, 11) is 0. The fourth-order valence-electron chi connectivity index (χ4n) is 10.2. The molecule has 1 heterocycles. The highest BCUT2D eigenvalue weighted by Gasteiger charge is 2.20. The third-order valence-corrected chi connectivity index (χ3v) is 13.4. The molecule has 0 atom stereocenters. The first kappa shape index (κ1) is 37.1. The van der Waals surface area contributed by atoms with Crippen molar-refractivity contribution in [1.29, 1.82) is 0 Å². The van der Waals surface area contributed by atoms with Crippen molar-refractivity contribution < 1.29 is 4.42 Å². The Morgan fingerprint density at radius 1 is 0.215 bits per heavy atom. The number of benzene rings is 12. The van der Waals surface area contributed by atoms with Crippen LogP contribution in [-0.4, -0.2) is 0 Å². The van der Waals surface area contributed by atoms with Crippen LogP contribution in [0.4, 0.5) is 0 Å². The summed E-state index contributed by atoms with van der Waals surface area (Å²) in [6.45, 7) is 0. The van der Waals surface area contributed by atoms with E-state index in [1.54, 1.807) is 0 Å². The zero-order valence-corrected chi connectivity index (χ0v) is 35.5. The monoisotopic (exact) mass is 824 g/mol. The van der Waals surface area contributed by atoms with Gasteiger partial charge in [0.1, 0.15) is 11.2 Å². The summed E-state index contributed by atoms with van der Waals surface area (Å²) in [4.78, 5) is 0. The molecule has 0 aliphatic heterocycles. The van der Waals surface area contributed by atoms with Crippen LogP contribution in [0.5, 0.6) is 0 Å². The second-order valence-electron chi connectivity index (χ2n) is 17.2. The van der Waals surface area contributed by atoms with E-state index in [0.29, 0.717) is 0 Å². The van der Waals surface area contributed by atoms with E-state index in [4.69, 9.17) is 4.42 Å². The molecule has 1 heteroatoms. The lowest BCUT2D eigenvalue weighted by Gasteiger charge is -2.19. The Labute approximate surface area is 377 Å². The first-order valence-corrected chi connectivity index (χ1v) is 22.4. The van der Waals surface area contributed by atoms with Crippen molar-refractivity contribution >= 4 is 65.0 Å². The lowest BCUT2D eigenvalue weighted by molar-refractivity contribution is 0.670. The fourth-order valence-corrected chi connectivity index (χ4v) is 10.2. The summed E-state index contributed by atoms with van der Waals surface area (Å²) in [6, 6.07) is 88.6. The van der Waals surface area contributed by atoms with Crippen molar-refractivity contribution in [2.75, 3.05) is 0 Å². The van der Waals surface area contributed by atoms with E-state index in [9.17, 15) is 0 Å². The molecule has 0 N–H and O–H groups in total. The van der Waals surface area contributed by atoms with Crippen LogP contribution < -0.4 is 0 Å². The second-order valence-corrected chi connectivity index (χ2v) is 17.2. The molecule has 12 aromatic carbocycles. The average molecular weight is 825 g/mol. The summed E-state index contributed by atoms with van der Waals surface area (Å²) in [5.41, 5.74) is 15.9. The van der Waals surface area contributed by atoms with Crippen LogP contribution in [0.2, 0.25) is 0 Å². The van der Waals surface area contributed by atoms with Crippen molar-refractivity contribution in [2.45, 2.75) is 0 Å². The Balaban J connectivity index is 1.02. The first-order chi connectivity index (χ1) is 32.2. The molecular weight excluding hydrogens is 785 g/mol. The molecule has 0 spiro atoms. The standard InChI is InChI=1S/C64H40O/c1-3-16-43(17-4-1)62-54-24-11-12-25-55(54)63(44-18-5-2-6-19-44)59-38-50(30-32-56(59)62)47-22-13-23-52(36-47)57-39-53(49-29-27-42-15-8-10-21-46(42)35-49)40-60-58-37-51(31-33-61(58)65-64(57)60)48-28-26-41-14-7-9-20-45(41)34-48/h1-40H. The molecule has 0 amide bonds. The average Bonchev–Trinajstić information content (AvgIpc) is 3.75. The predicted molar refractivity (Wildman–Crippen MR) is 276 cm³/mol. The molecule has 13 rings (SSSR count). The quantitative estimate of drug-likeness (QED) is 0.152. The van der Waals surface area contributed by atoms with Crippen molar-refractivity contribution in [3.63, 3.8) is 0 Å². The Morgan fingerprint density at radius 2 is 0.662 bits per heavy atom. The van der Waals surface area contributed by atoms with E-state index < -0.39 is 0 Å². The predicted octanol–water partition coefficient (Wildman–Crippen LogP) is 18.2. The van der Waals surface area contributed by atoms with Crippen LogP contribution in [-0.2, 0) is 0 Å². The third kappa shape index (κ3) is 6.32. The molecule has 13 aromatic rings. The maximum Gasteiger partial charge on any atom is 0.143 e. The summed E-state index contributed by atoms with van der Waals surface area (Å²) in [5, 5.41) is 12.1. The highest BCUT2D eigenvalue weighted by Crippen LogP contribution is 2.46. The molecule has 0 bridgehead atoms. The number of rotatable bonds is 6. The minimum atomic E-state index is 0.877. The van der Waals surface area contributed by atoms with Gasteiger partial charge in [-0.1, -0.05) is 194 Å². The van der Waals surface area contributed by atoms with Crippen LogP contribution in [0.15, 0.2) is 247 Å². The van der Waals surface area contributed by atoms with Gasteiger partial charge in [0.05, 0.1) is 0 Å². The molecule has 0 saturated carbocycles. The Hall–Kier alpha value is -8.52. The van der Waals surface area contributed by atoms with E-state index in [0.717, 1.165) is 49.8 Å². The molecule has 0 unspecified atom stereocenters. The normalized spacial score (nSPS) is 11.7. The van der Waals surface area contributed by atoms with E-state index in [-0.39, 0.29) is 0 Å². The van der Waals surface area contributed by atoms with Crippen molar-refractivity contribution in [1.82, 2.24) is 0 Å². The molecule has 1 nitrogen and oxygen atoms in total. The molecule has 0 aliphatic carbocycles. The van der Waals surface area contributed by atoms with Crippen LogP contribution >= 0.6 is 0 Å². The van der Waals surface area contributed by atoms with Crippen molar-refractivity contribution in [3.8, 4) is 66.8 Å². The van der Waals surface area contributed by atoms with Gasteiger partial charge in [0.2, 0.25) is 0 Å². The lowest BCUT2D eigenvalue weighted by atomic mass is 9.84. The van der Waals surface area contributed by atoms with Gasteiger partial charge in [-0.2, -0.15) is 0 Å². The minimum Gasteiger partial charge on any atom is -0.455 e. The molecule has 0 fully saturated rings. The lowest BCUT2D eigenvalue weighted by Crippen LogP contribution is -1.91. The summed E-state index contributed by atoms with van der Waals surface area (Å²) in [5.74, 6) is 0. The van der Waals surface area contributed by atoms with Crippen molar-refractivity contribution in [3.05, 3.63) is 243 Å². The number of hydrogen-bond acceptors (Lipinski definition) is 1. The molecule has 0 radical (unpaired) electrons. The molecule has 0 aliphatic rings. The number of hydrogen-bond donors (Lipinski definition) is 0. The largest absolute Gasteiger partial charge is 0.455 e. The van der Waals surface area contributed by atoms with Gasteiger partial charge in [0.15, 0.2) is 0 Å². The van der Waals surface area contributed by atoms with E-state index in [1.807, 2.05) is 0 Å². The van der Waals surface area contributed by atoms with Gasteiger partial charge >= 0.3 is 0 Å². The van der Waals surface area contributed by atoms with Gasteiger partial charge in [0, 0.05) is 16.3 Å². The Morgan fingerprint density at radius 3 is 1.32 bits per heavy atom. The van der Waals surface area contributed by atoms with E-state index in [2.05, 4.69) is 243 Å². The smallest absolute Gasteiger partial charge is 0.143 e. The second kappa shape index (κ2) is 15.1. The summed E-state index contributed by atoms with van der Waals surface area (Å²) < 4.78 is 6.92. The molecule has 65 heavy (non-hydrogen) atoms. The first-order valence-electron chi connectivity index (χ1n) is 22.4. The van der Waals surface area contributed by atoms with Gasteiger partial charge in [-0.3, -0.25) is 0 Å². The Kier molecular flexibility index (Phi) is 8.60. The topological polar surface area (TPSA) is 13.1 Å².